The highest BCUT2D eigenvalue weighted by molar-refractivity contribution is 9.10. The lowest BCUT2D eigenvalue weighted by Crippen LogP contribution is -2.18. The van der Waals surface area contributed by atoms with Gasteiger partial charge in [-0.1, -0.05) is 45.2 Å². The number of hydrogen-bond acceptors (Lipinski definition) is 7. The van der Waals surface area contributed by atoms with E-state index < -0.39 is 11.9 Å². The van der Waals surface area contributed by atoms with Gasteiger partial charge in [0, 0.05) is 36.4 Å². The summed E-state index contributed by atoms with van der Waals surface area (Å²) in [6, 6.07) is 23.4. The molecule has 0 unspecified atom stereocenters. The summed E-state index contributed by atoms with van der Waals surface area (Å²) in [6.07, 6.45) is 1.44. The second kappa shape index (κ2) is 14.0. The fraction of sp³-hybridized carbons (Fsp3) is 0.0625. The van der Waals surface area contributed by atoms with Crippen LogP contribution in [0.25, 0.3) is 10.1 Å². The van der Waals surface area contributed by atoms with E-state index in [1.54, 1.807) is 66.7 Å². The lowest BCUT2D eigenvalue weighted by atomic mass is 10.1. The molecule has 0 radical (unpaired) electrons. The van der Waals surface area contributed by atoms with E-state index in [0.717, 1.165) is 14.6 Å². The van der Waals surface area contributed by atoms with Crippen LogP contribution in [-0.4, -0.2) is 30.6 Å². The largest absolute Gasteiger partial charge is 0.490 e. The van der Waals surface area contributed by atoms with Crippen molar-refractivity contribution in [3.05, 3.63) is 121 Å². The molecule has 1 aromatic heterocycles. The van der Waals surface area contributed by atoms with Gasteiger partial charge < -0.3 is 14.8 Å². The SMILES string of the molecule is CCOc1cc(/C=N\NC(=O)c2ccc(NC(=O)c3ccc(Cl)cc3)cc2)ccc1OC(=O)c1sc2cc(Br)ccc2c1Cl. The molecule has 0 bridgehead atoms. The number of nitrogens with zero attached hydrogens (tertiary/aromatic N) is 1. The maximum Gasteiger partial charge on any atom is 0.355 e. The second-order valence-corrected chi connectivity index (χ2v) is 11.9. The minimum atomic E-state index is -0.600. The molecule has 0 spiro atoms. The molecule has 0 fully saturated rings. The van der Waals surface area contributed by atoms with E-state index in [1.165, 1.54) is 17.6 Å². The number of esters is 1. The average molecular weight is 711 g/mol. The van der Waals surface area contributed by atoms with E-state index in [-0.39, 0.29) is 16.5 Å². The van der Waals surface area contributed by atoms with E-state index in [0.29, 0.717) is 44.8 Å². The fourth-order valence-corrected chi connectivity index (χ4v) is 6.08. The maximum absolute atomic E-state index is 13.0. The van der Waals surface area contributed by atoms with Crippen molar-refractivity contribution in [1.29, 1.82) is 0 Å². The first-order chi connectivity index (χ1) is 21.2. The van der Waals surface area contributed by atoms with Crippen LogP contribution in [0, 0.1) is 0 Å². The number of nitrogens with one attached hydrogen (secondary N) is 2. The van der Waals surface area contributed by atoms with Crippen molar-refractivity contribution in [2.45, 2.75) is 6.92 Å². The van der Waals surface area contributed by atoms with Crippen molar-refractivity contribution in [3.63, 3.8) is 0 Å². The Morgan fingerprint density at radius 3 is 2.32 bits per heavy atom. The zero-order chi connectivity index (χ0) is 31.2. The molecule has 12 heteroatoms. The molecule has 2 N–H and O–H groups in total. The zero-order valence-electron chi connectivity index (χ0n) is 22.9. The topological polar surface area (TPSA) is 106 Å². The van der Waals surface area contributed by atoms with E-state index in [2.05, 4.69) is 31.8 Å². The molecule has 2 amide bonds. The molecule has 222 valence electrons. The summed E-state index contributed by atoms with van der Waals surface area (Å²) >= 11 is 17.0. The molecule has 4 aromatic carbocycles. The van der Waals surface area contributed by atoms with Crippen molar-refractivity contribution in [3.8, 4) is 11.5 Å². The van der Waals surface area contributed by atoms with Crippen molar-refractivity contribution >= 4 is 90.2 Å². The van der Waals surface area contributed by atoms with Crippen molar-refractivity contribution in [2.75, 3.05) is 11.9 Å². The molecule has 8 nitrogen and oxygen atoms in total. The Morgan fingerprint density at radius 2 is 1.59 bits per heavy atom. The van der Waals surface area contributed by atoms with Gasteiger partial charge in [0.25, 0.3) is 11.8 Å². The first-order valence-electron chi connectivity index (χ1n) is 13.1. The van der Waals surface area contributed by atoms with Gasteiger partial charge in [-0.3, -0.25) is 9.59 Å². The number of benzene rings is 4. The number of halogens is 3. The van der Waals surface area contributed by atoms with Crippen LogP contribution in [-0.2, 0) is 0 Å². The van der Waals surface area contributed by atoms with Crippen LogP contribution >= 0.6 is 50.5 Å². The average Bonchev–Trinajstić information content (AvgIpc) is 3.34. The molecule has 5 rings (SSSR count). The third kappa shape index (κ3) is 7.46. The number of fused-ring (bicyclic) bond motifs is 1. The summed E-state index contributed by atoms with van der Waals surface area (Å²) in [5, 5.41) is 8.43. The second-order valence-electron chi connectivity index (χ2n) is 9.15. The summed E-state index contributed by atoms with van der Waals surface area (Å²) in [5.74, 6) is -0.798. The van der Waals surface area contributed by atoms with E-state index in [1.807, 2.05) is 25.1 Å². The van der Waals surface area contributed by atoms with E-state index >= 15 is 0 Å². The number of ether oxygens (including phenoxy) is 2. The number of amides is 2. The van der Waals surface area contributed by atoms with Crippen LogP contribution in [0.15, 0.2) is 94.5 Å². The van der Waals surface area contributed by atoms with Crippen LogP contribution in [0.2, 0.25) is 10.0 Å². The molecule has 1 heterocycles. The van der Waals surface area contributed by atoms with Crippen LogP contribution in [0.4, 0.5) is 5.69 Å². The predicted octanol–water partition coefficient (Wildman–Crippen LogP) is 8.60. The van der Waals surface area contributed by atoms with Gasteiger partial charge in [0.2, 0.25) is 0 Å². The highest BCUT2D eigenvalue weighted by atomic mass is 79.9. The monoisotopic (exact) mass is 709 g/mol. The Balaban J connectivity index is 1.21. The molecule has 0 saturated heterocycles. The number of thiophene rings is 1. The summed E-state index contributed by atoms with van der Waals surface area (Å²) in [6.45, 7) is 2.14. The minimum absolute atomic E-state index is 0.219. The quantitative estimate of drug-likeness (QED) is 0.0690. The Morgan fingerprint density at radius 1 is 0.886 bits per heavy atom. The number of hydrazone groups is 1. The lowest BCUT2D eigenvalue weighted by Gasteiger charge is -2.11. The Labute approximate surface area is 274 Å². The molecule has 0 aliphatic heterocycles. The maximum atomic E-state index is 13.0. The van der Waals surface area contributed by atoms with Gasteiger partial charge in [0.05, 0.1) is 17.8 Å². The molecule has 44 heavy (non-hydrogen) atoms. The van der Waals surface area contributed by atoms with E-state index in [9.17, 15) is 14.4 Å². The van der Waals surface area contributed by atoms with Gasteiger partial charge in [-0.25, -0.2) is 10.2 Å². The standard InChI is InChI=1S/C32H22BrCl2N3O5S/c1-2-42-26-15-18(3-14-25(26)43-32(41)29-28(35)24-13-8-21(33)16-27(24)44-29)17-36-38-31(40)20-6-11-23(12-7-20)37-30(39)19-4-9-22(34)10-5-19/h3-17H,2H2,1H3,(H,37,39)(H,38,40)/b36-17-. The smallest absolute Gasteiger partial charge is 0.355 e. The molecular weight excluding hydrogens is 689 g/mol. The Kier molecular flexibility index (Phi) is 9.96. The molecule has 0 aliphatic rings. The number of rotatable bonds is 9. The van der Waals surface area contributed by atoms with Crippen LogP contribution in [0.3, 0.4) is 0 Å². The van der Waals surface area contributed by atoms with Crippen molar-refractivity contribution in [2.24, 2.45) is 5.10 Å². The van der Waals surface area contributed by atoms with Gasteiger partial charge in [0.1, 0.15) is 4.88 Å². The van der Waals surface area contributed by atoms with Gasteiger partial charge in [-0.15, -0.1) is 11.3 Å². The molecule has 0 atom stereocenters. The first kappa shape index (κ1) is 31.2. The summed E-state index contributed by atoms with van der Waals surface area (Å²) in [5.41, 5.74) is 4.39. The molecule has 0 saturated carbocycles. The third-order valence-electron chi connectivity index (χ3n) is 6.14. The minimum Gasteiger partial charge on any atom is -0.490 e. The van der Waals surface area contributed by atoms with Crippen molar-refractivity contribution in [1.82, 2.24) is 5.43 Å². The molecular formula is C32H22BrCl2N3O5S. The summed E-state index contributed by atoms with van der Waals surface area (Å²) in [4.78, 5) is 38.3. The highest BCUT2D eigenvalue weighted by Gasteiger charge is 2.21. The molecule has 0 aliphatic carbocycles. The normalized spacial score (nSPS) is 11.0. The van der Waals surface area contributed by atoms with Crippen LogP contribution in [0.1, 0.15) is 42.9 Å². The number of carbonyl (C=O) groups excluding carboxylic acids is 3. The summed E-state index contributed by atoms with van der Waals surface area (Å²) < 4.78 is 13.1. The fourth-order valence-electron chi connectivity index (χ4n) is 4.01. The highest BCUT2D eigenvalue weighted by Crippen LogP contribution is 2.38. The third-order valence-corrected chi connectivity index (χ3v) is 8.52. The van der Waals surface area contributed by atoms with Crippen molar-refractivity contribution < 1.29 is 23.9 Å². The van der Waals surface area contributed by atoms with Crippen LogP contribution in [0.5, 0.6) is 11.5 Å². The molecule has 5 aromatic rings. The zero-order valence-corrected chi connectivity index (χ0v) is 26.8. The Bertz CT molecular complexity index is 1890. The van der Waals surface area contributed by atoms with Gasteiger partial charge in [0.15, 0.2) is 11.5 Å². The van der Waals surface area contributed by atoms with Crippen LogP contribution < -0.4 is 20.2 Å². The Hall–Kier alpha value is -4.22. The van der Waals surface area contributed by atoms with Gasteiger partial charge >= 0.3 is 5.97 Å². The van der Waals surface area contributed by atoms with Gasteiger partial charge in [-0.05, 0) is 91.3 Å². The van der Waals surface area contributed by atoms with Gasteiger partial charge in [-0.2, -0.15) is 5.10 Å². The number of hydrogen-bond donors (Lipinski definition) is 2. The first-order valence-corrected chi connectivity index (χ1v) is 15.5. The summed E-state index contributed by atoms with van der Waals surface area (Å²) in [7, 11) is 0. The lowest BCUT2D eigenvalue weighted by molar-refractivity contribution is 0.0733. The van der Waals surface area contributed by atoms with E-state index in [4.69, 9.17) is 32.7 Å². The number of anilines is 1. The number of carbonyl (C=O) groups is 3. The predicted molar refractivity (Wildman–Crippen MR) is 178 cm³/mol.